The van der Waals surface area contributed by atoms with E-state index in [9.17, 15) is 4.39 Å². The van der Waals surface area contributed by atoms with Crippen LogP contribution in [0.15, 0.2) is 16.6 Å². The summed E-state index contributed by atoms with van der Waals surface area (Å²) in [7, 11) is 0. The molecule has 1 fully saturated rings. The van der Waals surface area contributed by atoms with E-state index in [2.05, 4.69) is 21.2 Å². The molecule has 0 amide bonds. The van der Waals surface area contributed by atoms with Gasteiger partial charge in [-0.2, -0.15) is 0 Å². The minimum absolute atomic E-state index is 0.208. The molecule has 6 heteroatoms. The molecular formula is C13H16BrClFNO2. The van der Waals surface area contributed by atoms with Crippen molar-refractivity contribution in [3.63, 3.8) is 0 Å². The van der Waals surface area contributed by atoms with Crippen molar-refractivity contribution in [2.75, 3.05) is 26.4 Å². The number of rotatable bonds is 4. The Hall–Kier alpha value is -0.200. The summed E-state index contributed by atoms with van der Waals surface area (Å²) in [6, 6.07) is 2.74. The van der Waals surface area contributed by atoms with Crippen molar-refractivity contribution in [2.45, 2.75) is 19.1 Å². The van der Waals surface area contributed by atoms with Gasteiger partial charge in [-0.1, -0.05) is 18.5 Å². The average Bonchev–Trinajstić information content (AvgIpc) is 2.42. The SMILES string of the molecule is CCNC(c1cc(Cl)c(Br)cc1F)C1COCCO1. The molecule has 1 saturated heterocycles. The van der Waals surface area contributed by atoms with E-state index in [1.54, 1.807) is 6.07 Å². The molecule has 106 valence electrons. The van der Waals surface area contributed by atoms with E-state index in [1.165, 1.54) is 6.07 Å². The Bertz CT molecular complexity index is 441. The summed E-state index contributed by atoms with van der Waals surface area (Å²) in [6.07, 6.45) is -0.208. The van der Waals surface area contributed by atoms with Crippen molar-refractivity contribution in [1.29, 1.82) is 0 Å². The lowest BCUT2D eigenvalue weighted by molar-refractivity contribution is -0.102. The Morgan fingerprint density at radius 3 is 2.95 bits per heavy atom. The molecule has 0 bridgehead atoms. The first-order valence-electron chi connectivity index (χ1n) is 6.20. The molecule has 0 spiro atoms. The third kappa shape index (κ3) is 3.67. The van der Waals surface area contributed by atoms with Crippen molar-refractivity contribution in [3.05, 3.63) is 33.0 Å². The number of hydrogen-bond acceptors (Lipinski definition) is 3. The molecule has 2 rings (SSSR count). The van der Waals surface area contributed by atoms with E-state index >= 15 is 0 Å². The molecule has 1 aliphatic rings. The predicted molar refractivity (Wildman–Crippen MR) is 76.1 cm³/mol. The molecule has 1 aromatic carbocycles. The molecular weight excluding hydrogens is 337 g/mol. The molecule has 1 aliphatic heterocycles. The fraction of sp³-hybridized carbons (Fsp3) is 0.538. The van der Waals surface area contributed by atoms with Crippen LogP contribution in [0.3, 0.4) is 0 Å². The van der Waals surface area contributed by atoms with Gasteiger partial charge in [0.05, 0.1) is 30.9 Å². The third-order valence-electron chi connectivity index (χ3n) is 3.01. The molecule has 1 aromatic rings. The first-order chi connectivity index (χ1) is 9.13. The summed E-state index contributed by atoms with van der Waals surface area (Å²) in [5.74, 6) is -0.309. The highest BCUT2D eigenvalue weighted by molar-refractivity contribution is 9.10. The number of likely N-dealkylation sites (N-methyl/N-ethyl adjacent to an activating group) is 1. The van der Waals surface area contributed by atoms with E-state index in [-0.39, 0.29) is 18.0 Å². The van der Waals surface area contributed by atoms with Gasteiger partial charge in [0.2, 0.25) is 0 Å². The highest BCUT2D eigenvalue weighted by atomic mass is 79.9. The number of benzene rings is 1. The topological polar surface area (TPSA) is 30.5 Å². The van der Waals surface area contributed by atoms with Crippen molar-refractivity contribution in [1.82, 2.24) is 5.32 Å². The molecule has 0 aromatic heterocycles. The van der Waals surface area contributed by atoms with E-state index in [0.717, 1.165) is 0 Å². The molecule has 3 nitrogen and oxygen atoms in total. The number of ether oxygens (including phenoxy) is 2. The van der Waals surface area contributed by atoms with Gasteiger partial charge in [0.25, 0.3) is 0 Å². The Morgan fingerprint density at radius 2 is 2.32 bits per heavy atom. The molecule has 1 N–H and O–H groups in total. The Labute approximate surface area is 125 Å². The zero-order chi connectivity index (χ0) is 13.8. The second-order valence-electron chi connectivity index (χ2n) is 4.31. The van der Waals surface area contributed by atoms with Gasteiger partial charge in [0, 0.05) is 10.0 Å². The maximum absolute atomic E-state index is 14.1. The molecule has 0 saturated carbocycles. The van der Waals surface area contributed by atoms with Crippen molar-refractivity contribution in [3.8, 4) is 0 Å². The second kappa shape index (κ2) is 6.99. The van der Waals surface area contributed by atoms with E-state index in [1.807, 2.05) is 6.92 Å². The summed E-state index contributed by atoms with van der Waals surface area (Å²) in [4.78, 5) is 0. The minimum atomic E-state index is -0.309. The van der Waals surface area contributed by atoms with Crippen LogP contribution < -0.4 is 5.32 Å². The maximum Gasteiger partial charge on any atom is 0.129 e. The van der Waals surface area contributed by atoms with Gasteiger partial charge in [0.15, 0.2) is 0 Å². The maximum atomic E-state index is 14.1. The molecule has 19 heavy (non-hydrogen) atoms. The van der Waals surface area contributed by atoms with Gasteiger partial charge >= 0.3 is 0 Å². The second-order valence-corrected chi connectivity index (χ2v) is 5.57. The quantitative estimate of drug-likeness (QED) is 0.843. The van der Waals surface area contributed by atoms with E-state index < -0.39 is 0 Å². The number of halogens is 3. The normalized spacial score (nSPS) is 21.4. The van der Waals surface area contributed by atoms with Crippen LogP contribution in [-0.4, -0.2) is 32.5 Å². The van der Waals surface area contributed by atoms with Crippen molar-refractivity contribution >= 4 is 27.5 Å². The molecule has 0 radical (unpaired) electrons. The molecule has 2 unspecified atom stereocenters. The fourth-order valence-electron chi connectivity index (χ4n) is 2.14. The third-order valence-corrected chi connectivity index (χ3v) is 4.21. The van der Waals surface area contributed by atoms with E-state index in [0.29, 0.717) is 41.4 Å². The number of nitrogens with one attached hydrogen (secondary N) is 1. The van der Waals surface area contributed by atoms with Crippen LogP contribution in [-0.2, 0) is 9.47 Å². The standard InChI is InChI=1S/C13H16BrClFNO2/c1-2-17-13(12-7-18-3-4-19-12)8-5-10(15)9(14)6-11(8)16/h5-6,12-13,17H,2-4,7H2,1H3. The smallest absolute Gasteiger partial charge is 0.129 e. The van der Waals surface area contributed by atoms with Gasteiger partial charge in [-0.25, -0.2) is 4.39 Å². The Morgan fingerprint density at radius 1 is 1.53 bits per heavy atom. The first-order valence-corrected chi connectivity index (χ1v) is 7.37. The highest BCUT2D eigenvalue weighted by Gasteiger charge is 2.28. The van der Waals surface area contributed by atoms with Gasteiger partial charge in [-0.15, -0.1) is 0 Å². The van der Waals surface area contributed by atoms with Crippen LogP contribution in [0, 0.1) is 5.82 Å². The average molecular weight is 353 g/mol. The summed E-state index contributed by atoms with van der Waals surface area (Å²) < 4.78 is 25.7. The lowest BCUT2D eigenvalue weighted by Crippen LogP contribution is -2.41. The first kappa shape index (κ1) is 15.2. The van der Waals surface area contributed by atoms with Gasteiger partial charge in [0.1, 0.15) is 11.9 Å². The highest BCUT2D eigenvalue weighted by Crippen LogP contribution is 2.31. The van der Waals surface area contributed by atoms with Crippen LogP contribution >= 0.6 is 27.5 Å². The summed E-state index contributed by atoms with van der Waals surface area (Å²) in [6.45, 7) is 4.23. The van der Waals surface area contributed by atoms with Crippen molar-refractivity contribution < 1.29 is 13.9 Å². The van der Waals surface area contributed by atoms with Crippen LogP contribution in [0.25, 0.3) is 0 Å². The van der Waals surface area contributed by atoms with Crippen LogP contribution in [0.5, 0.6) is 0 Å². The van der Waals surface area contributed by atoms with Crippen LogP contribution in [0.1, 0.15) is 18.5 Å². The zero-order valence-electron chi connectivity index (χ0n) is 10.6. The largest absolute Gasteiger partial charge is 0.376 e. The molecule has 0 aliphatic carbocycles. The lowest BCUT2D eigenvalue weighted by atomic mass is 10.0. The van der Waals surface area contributed by atoms with Crippen molar-refractivity contribution in [2.24, 2.45) is 0 Å². The molecule has 2 atom stereocenters. The number of hydrogen-bond donors (Lipinski definition) is 1. The Balaban J connectivity index is 2.29. The van der Waals surface area contributed by atoms with E-state index in [4.69, 9.17) is 21.1 Å². The summed E-state index contributed by atoms with van der Waals surface area (Å²) in [5, 5.41) is 3.72. The van der Waals surface area contributed by atoms with Gasteiger partial charge in [-0.05, 0) is 34.6 Å². The predicted octanol–water partition coefficient (Wildman–Crippen LogP) is 3.31. The Kier molecular flexibility index (Phi) is 5.59. The lowest BCUT2D eigenvalue weighted by Gasteiger charge is -2.31. The monoisotopic (exact) mass is 351 g/mol. The van der Waals surface area contributed by atoms with Crippen LogP contribution in [0.4, 0.5) is 4.39 Å². The molecule has 1 heterocycles. The fourth-order valence-corrected chi connectivity index (χ4v) is 2.62. The summed E-state index contributed by atoms with van der Waals surface area (Å²) in [5.41, 5.74) is 0.505. The zero-order valence-corrected chi connectivity index (χ0v) is 12.9. The van der Waals surface area contributed by atoms with Crippen LogP contribution in [0.2, 0.25) is 5.02 Å². The summed E-state index contributed by atoms with van der Waals surface area (Å²) >= 11 is 9.27. The minimum Gasteiger partial charge on any atom is -0.376 e. The van der Waals surface area contributed by atoms with Gasteiger partial charge in [-0.3, -0.25) is 0 Å². The van der Waals surface area contributed by atoms with Gasteiger partial charge < -0.3 is 14.8 Å².